The summed E-state index contributed by atoms with van der Waals surface area (Å²) in [5.74, 6) is 0.890. The molecule has 5 aliphatic rings. The fraction of sp³-hybridized carbons (Fsp3) is 0.730. The van der Waals surface area contributed by atoms with Crippen LogP contribution in [0.25, 0.3) is 0 Å². The molecule has 0 aliphatic heterocycles. The van der Waals surface area contributed by atoms with Crippen LogP contribution in [0, 0.1) is 50.2 Å². The molecule has 0 aromatic heterocycles. The quantitative estimate of drug-likeness (QED) is 0.230. The number of rotatable bonds is 4. The van der Waals surface area contributed by atoms with Gasteiger partial charge < -0.3 is 14.6 Å². The van der Waals surface area contributed by atoms with Gasteiger partial charge in [-0.3, -0.25) is 4.79 Å². The number of aliphatic hydroxyl groups is 1. The lowest BCUT2D eigenvalue weighted by atomic mass is 9.33. The van der Waals surface area contributed by atoms with Gasteiger partial charge >= 0.3 is 5.97 Å². The Labute approximate surface area is 247 Å². The summed E-state index contributed by atoms with van der Waals surface area (Å²) in [5, 5.41) is 11.0. The molecule has 4 heteroatoms. The molecule has 9 atom stereocenters. The smallest absolute Gasteiger partial charge is 0.313 e. The summed E-state index contributed by atoms with van der Waals surface area (Å²) < 4.78 is 6.15. The zero-order valence-corrected chi connectivity index (χ0v) is 26.3. The van der Waals surface area contributed by atoms with E-state index in [0.717, 1.165) is 69.6 Å². The van der Waals surface area contributed by atoms with E-state index in [4.69, 9.17) is 4.74 Å². The molecule has 0 saturated heterocycles. The maximum Gasteiger partial charge on any atom is 0.313 e. The number of ether oxygens (including phenoxy) is 1. The van der Waals surface area contributed by atoms with E-state index in [1.807, 2.05) is 37.3 Å². The third-order valence-electron chi connectivity index (χ3n) is 14.2. The Hall–Kier alpha value is -1.94. The van der Waals surface area contributed by atoms with Gasteiger partial charge in [-0.2, -0.15) is 0 Å². The van der Waals surface area contributed by atoms with Crippen LogP contribution in [0.4, 0.5) is 0 Å². The van der Waals surface area contributed by atoms with E-state index in [1.54, 1.807) is 0 Å². The molecule has 0 spiro atoms. The van der Waals surface area contributed by atoms with Crippen molar-refractivity contribution in [1.29, 1.82) is 0 Å². The first-order chi connectivity index (χ1) is 19.3. The molecule has 0 unspecified atom stereocenters. The molecule has 4 saturated carbocycles. The Morgan fingerprint density at radius 3 is 2.34 bits per heavy atom. The van der Waals surface area contributed by atoms with Gasteiger partial charge in [0.1, 0.15) is 12.9 Å². The first-order valence-corrected chi connectivity index (χ1v) is 16.3. The van der Waals surface area contributed by atoms with Crippen LogP contribution >= 0.6 is 0 Å². The van der Waals surface area contributed by atoms with Gasteiger partial charge in [-0.05, 0) is 109 Å². The molecule has 4 nitrogen and oxygen atoms in total. The van der Waals surface area contributed by atoms with Crippen molar-refractivity contribution in [2.24, 2.45) is 50.2 Å². The summed E-state index contributed by atoms with van der Waals surface area (Å²) in [7, 11) is 0. The standard InChI is InChI=1S/C37H52O4/c1-32(2)18-20-37(31(40)41-23-25-10-8-7-9-11-25)21-19-35(5)26(27(37)22-32)12-13-29-33(3)16-15-30(39)34(4,24-38)28(33)14-17-36(29,35)6/h7-12,24,27-30,39H,13-23H2,1-6H3/t27-,28+,29+,30-,33-,34-,35+,36+,37-/m0/s1. The fourth-order valence-electron chi connectivity index (χ4n) is 11.4. The van der Waals surface area contributed by atoms with Gasteiger partial charge in [-0.1, -0.05) is 83.5 Å². The topological polar surface area (TPSA) is 63.6 Å². The number of benzene rings is 1. The van der Waals surface area contributed by atoms with Crippen LogP contribution in [0.5, 0.6) is 0 Å². The molecule has 0 amide bonds. The van der Waals surface area contributed by atoms with Crippen molar-refractivity contribution in [2.45, 2.75) is 118 Å². The highest BCUT2D eigenvalue weighted by Crippen LogP contribution is 2.75. The zero-order chi connectivity index (χ0) is 29.5. The number of hydrogen-bond acceptors (Lipinski definition) is 4. The number of carbonyl (C=O) groups excluding carboxylic acids is 2. The fourth-order valence-corrected chi connectivity index (χ4v) is 11.4. The van der Waals surface area contributed by atoms with E-state index >= 15 is 0 Å². The van der Waals surface area contributed by atoms with E-state index in [2.05, 4.69) is 40.7 Å². The molecule has 1 aromatic rings. The first-order valence-electron chi connectivity index (χ1n) is 16.3. The van der Waals surface area contributed by atoms with Crippen LogP contribution in [0.2, 0.25) is 0 Å². The van der Waals surface area contributed by atoms with Crippen molar-refractivity contribution in [1.82, 2.24) is 0 Å². The summed E-state index contributed by atoms with van der Waals surface area (Å²) in [4.78, 5) is 26.6. The highest BCUT2D eigenvalue weighted by atomic mass is 16.5. The van der Waals surface area contributed by atoms with E-state index in [0.29, 0.717) is 18.9 Å². The van der Waals surface area contributed by atoms with Crippen LogP contribution in [-0.4, -0.2) is 23.5 Å². The molecule has 41 heavy (non-hydrogen) atoms. The second-order valence-electron chi connectivity index (χ2n) is 16.5. The molecule has 0 radical (unpaired) electrons. The van der Waals surface area contributed by atoms with Crippen LogP contribution < -0.4 is 0 Å². The molecule has 224 valence electrons. The highest BCUT2D eigenvalue weighted by molar-refractivity contribution is 5.79. The van der Waals surface area contributed by atoms with Crippen LogP contribution in [0.1, 0.15) is 111 Å². The Balaban J connectivity index is 1.37. The van der Waals surface area contributed by atoms with Gasteiger partial charge in [0, 0.05) is 0 Å². The average molecular weight is 561 g/mol. The minimum Gasteiger partial charge on any atom is -0.460 e. The number of hydrogen-bond donors (Lipinski definition) is 1. The number of fused-ring (bicyclic) bond motifs is 7. The summed E-state index contributed by atoms with van der Waals surface area (Å²) >= 11 is 0. The molecular formula is C37H52O4. The van der Waals surface area contributed by atoms with Crippen molar-refractivity contribution in [3.05, 3.63) is 47.5 Å². The predicted octanol–water partition coefficient (Wildman–Crippen LogP) is 8.07. The Morgan fingerprint density at radius 2 is 1.63 bits per heavy atom. The number of aldehydes is 1. The summed E-state index contributed by atoms with van der Waals surface area (Å²) in [5.41, 5.74) is 1.78. The maximum atomic E-state index is 14.1. The SMILES string of the molecule is CC1(C)CC[C@]2(C(=O)OCc3ccccc3)CC[C@]3(C)C(=CC[C@@H]4[C@@]5(C)CC[C@H](O)[C@@](C)(C=O)[C@@H]5CC[C@]43C)[C@@H]2C1. The Bertz CT molecular complexity index is 1230. The molecule has 4 fully saturated rings. The zero-order valence-electron chi connectivity index (χ0n) is 26.3. The van der Waals surface area contributed by atoms with Crippen molar-refractivity contribution in [3.63, 3.8) is 0 Å². The van der Waals surface area contributed by atoms with E-state index in [-0.39, 0.29) is 39.5 Å². The summed E-state index contributed by atoms with van der Waals surface area (Å²) in [6.45, 7) is 14.6. The molecule has 1 aromatic carbocycles. The molecular weight excluding hydrogens is 508 g/mol. The third-order valence-corrected chi connectivity index (χ3v) is 14.2. The largest absolute Gasteiger partial charge is 0.460 e. The van der Waals surface area contributed by atoms with E-state index in [1.165, 1.54) is 5.57 Å². The summed E-state index contributed by atoms with van der Waals surface area (Å²) in [6, 6.07) is 10.1. The lowest BCUT2D eigenvalue weighted by molar-refractivity contribution is -0.205. The number of aliphatic hydroxyl groups excluding tert-OH is 1. The van der Waals surface area contributed by atoms with Crippen molar-refractivity contribution in [2.75, 3.05) is 0 Å². The Morgan fingerprint density at radius 1 is 0.927 bits per heavy atom. The van der Waals surface area contributed by atoms with Gasteiger partial charge in [0.15, 0.2) is 0 Å². The predicted molar refractivity (Wildman–Crippen MR) is 162 cm³/mol. The lowest BCUT2D eigenvalue weighted by Gasteiger charge is -2.71. The monoisotopic (exact) mass is 560 g/mol. The first kappa shape index (κ1) is 29.1. The molecule has 1 N–H and O–H groups in total. The van der Waals surface area contributed by atoms with Crippen molar-refractivity contribution in [3.8, 4) is 0 Å². The van der Waals surface area contributed by atoms with E-state index in [9.17, 15) is 14.7 Å². The van der Waals surface area contributed by atoms with Gasteiger partial charge in [0.25, 0.3) is 0 Å². The highest BCUT2D eigenvalue weighted by Gasteiger charge is 2.69. The van der Waals surface area contributed by atoms with Crippen LogP contribution in [0.3, 0.4) is 0 Å². The molecule has 6 rings (SSSR count). The average Bonchev–Trinajstić information content (AvgIpc) is 2.94. The number of esters is 1. The lowest BCUT2D eigenvalue weighted by Crippen LogP contribution is -2.65. The minimum atomic E-state index is -0.670. The number of allylic oxidation sites excluding steroid dienone is 2. The van der Waals surface area contributed by atoms with Gasteiger partial charge in [0.05, 0.1) is 16.9 Å². The Kier molecular flexibility index (Phi) is 6.77. The minimum absolute atomic E-state index is 0.00997. The van der Waals surface area contributed by atoms with Crippen LogP contribution in [0.15, 0.2) is 42.0 Å². The van der Waals surface area contributed by atoms with Gasteiger partial charge in [-0.25, -0.2) is 0 Å². The third kappa shape index (κ3) is 4.01. The van der Waals surface area contributed by atoms with Crippen LogP contribution in [-0.2, 0) is 20.9 Å². The van der Waals surface area contributed by atoms with E-state index < -0.39 is 16.9 Å². The molecule has 0 bridgehead atoms. The maximum absolute atomic E-state index is 14.1. The second-order valence-corrected chi connectivity index (χ2v) is 16.5. The molecule has 0 heterocycles. The summed E-state index contributed by atoms with van der Waals surface area (Å²) in [6.07, 6.45) is 12.7. The second kappa shape index (κ2) is 9.53. The van der Waals surface area contributed by atoms with Gasteiger partial charge in [-0.15, -0.1) is 0 Å². The molecule has 5 aliphatic carbocycles. The number of carbonyl (C=O) groups is 2. The van der Waals surface area contributed by atoms with Crippen molar-refractivity contribution < 1.29 is 19.4 Å². The normalized spacial score (nSPS) is 46.6. The van der Waals surface area contributed by atoms with Crippen molar-refractivity contribution >= 4 is 12.3 Å². The van der Waals surface area contributed by atoms with Gasteiger partial charge in [0.2, 0.25) is 0 Å².